The van der Waals surface area contributed by atoms with Crippen LogP contribution in [0.4, 0.5) is 5.82 Å². The molecule has 1 atom stereocenters. The van der Waals surface area contributed by atoms with E-state index in [0.29, 0.717) is 5.82 Å². The van der Waals surface area contributed by atoms with Crippen molar-refractivity contribution in [2.75, 3.05) is 4.72 Å². The van der Waals surface area contributed by atoms with Crippen molar-refractivity contribution in [3.63, 3.8) is 0 Å². The van der Waals surface area contributed by atoms with Gasteiger partial charge in [-0.1, -0.05) is 0 Å². The zero-order valence-electron chi connectivity index (χ0n) is 8.44. The van der Waals surface area contributed by atoms with E-state index in [1.54, 1.807) is 20.8 Å². The molecule has 0 aliphatic heterocycles. The fourth-order valence-electron chi connectivity index (χ4n) is 0.652. The number of hydrogen-bond donors (Lipinski definition) is 2. The van der Waals surface area contributed by atoms with Gasteiger partial charge in [0.25, 0.3) is 0 Å². The summed E-state index contributed by atoms with van der Waals surface area (Å²) in [5, 5.41) is 0. The summed E-state index contributed by atoms with van der Waals surface area (Å²) < 4.78 is 21.5. The lowest BCUT2D eigenvalue weighted by Crippen LogP contribution is -2.32. The van der Waals surface area contributed by atoms with Gasteiger partial charge in [0, 0.05) is 12.4 Å². The fourth-order valence-corrected chi connectivity index (χ4v) is 1.36. The minimum atomic E-state index is -2.90. The van der Waals surface area contributed by atoms with Crippen LogP contribution in [0.1, 0.15) is 20.8 Å². The van der Waals surface area contributed by atoms with Gasteiger partial charge in [0.2, 0.25) is 0 Å². The standard InChI is InChI=1S/C8H14N4OS/c1-8(2,3)14(9,13)12-7-6-10-4-5-11-7/h4-6H,1-3H3,(H2,9,11,12,13). The molecule has 0 aromatic carbocycles. The summed E-state index contributed by atoms with van der Waals surface area (Å²) >= 11 is 0. The Bertz CT molecular complexity index is 393. The van der Waals surface area contributed by atoms with Crippen LogP contribution >= 0.6 is 0 Å². The van der Waals surface area contributed by atoms with E-state index in [-0.39, 0.29) is 0 Å². The van der Waals surface area contributed by atoms with Crippen molar-refractivity contribution in [3.8, 4) is 0 Å². The smallest absolute Gasteiger partial charge is 0.156 e. The molecule has 0 saturated heterocycles. The van der Waals surface area contributed by atoms with Crippen molar-refractivity contribution < 1.29 is 4.21 Å². The van der Waals surface area contributed by atoms with Gasteiger partial charge in [-0.05, 0) is 20.8 Å². The second-order valence-electron chi connectivity index (χ2n) is 3.86. The van der Waals surface area contributed by atoms with Gasteiger partial charge in [0.1, 0.15) is 9.92 Å². The molecule has 6 heteroatoms. The van der Waals surface area contributed by atoms with E-state index >= 15 is 0 Å². The first-order valence-electron chi connectivity index (χ1n) is 4.15. The molecule has 0 amide bonds. The molecule has 0 spiro atoms. The van der Waals surface area contributed by atoms with Crippen LogP contribution in [0.25, 0.3) is 0 Å². The van der Waals surface area contributed by atoms with E-state index in [4.69, 9.17) is 4.78 Å². The van der Waals surface area contributed by atoms with Gasteiger partial charge >= 0.3 is 0 Å². The highest BCUT2D eigenvalue weighted by Crippen LogP contribution is 2.17. The molecular weight excluding hydrogens is 200 g/mol. The minimum Gasteiger partial charge on any atom is -0.282 e. The Kier molecular flexibility index (Phi) is 2.75. The predicted octanol–water partition coefficient (Wildman–Crippen LogP) is 1.65. The average Bonchev–Trinajstić information content (AvgIpc) is 2.03. The number of nitrogens with one attached hydrogen (secondary N) is 2. The molecule has 1 unspecified atom stereocenters. The van der Waals surface area contributed by atoms with Crippen LogP contribution in [0, 0.1) is 4.78 Å². The molecule has 1 rings (SSSR count). The van der Waals surface area contributed by atoms with Crippen molar-refractivity contribution >= 4 is 15.7 Å². The highest BCUT2D eigenvalue weighted by molar-refractivity contribution is 7.95. The third-order valence-electron chi connectivity index (χ3n) is 1.67. The molecule has 0 aliphatic carbocycles. The van der Waals surface area contributed by atoms with Gasteiger partial charge in [-0.15, -0.1) is 0 Å². The molecule has 0 bridgehead atoms. The predicted molar refractivity (Wildman–Crippen MR) is 56.3 cm³/mol. The van der Waals surface area contributed by atoms with Crippen molar-refractivity contribution in [1.82, 2.24) is 9.97 Å². The Hall–Kier alpha value is -1.17. The van der Waals surface area contributed by atoms with Crippen LogP contribution in [0.5, 0.6) is 0 Å². The molecule has 78 valence electrons. The minimum absolute atomic E-state index is 0.363. The van der Waals surface area contributed by atoms with Gasteiger partial charge in [0.15, 0.2) is 5.82 Å². The summed E-state index contributed by atoms with van der Waals surface area (Å²) in [7, 11) is -2.90. The Morgan fingerprint density at radius 1 is 1.43 bits per heavy atom. The first-order valence-corrected chi connectivity index (χ1v) is 5.71. The number of hydrogen-bond acceptors (Lipinski definition) is 4. The van der Waals surface area contributed by atoms with E-state index < -0.39 is 14.7 Å². The SMILES string of the molecule is CC(C)(C)S(=N)(=O)Nc1cnccn1. The van der Waals surface area contributed by atoms with E-state index in [9.17, 15) is 4.21 Å². The van der Waals surface area contributed by atoms with E-state index in [2.05, 4.69) is 14.7 Å². The molecule has 1 aromatic heterocycles. The Labute approximate surface area is 84.1 Å². The largest absolute Gasteiger partial charge is 0.282 e. The monoisotopic (exact) mass is 214 g/mol. The summed E-state index contributed by atoms with van der Waals surface area (Å²) in [6, 6.07) is 0. The second kappa shape index (κ2) is 3.53. The number of rotatable bonds is 2. The summed E-state index contributed by atoms with van der Waals surface area (Å²) in [6.07, 6.45) is 4.45. The van der Waals surface area contributed by atoms with E-state index in [1.165, 1.54) is 18.6 Å². The van der Waals surface area contributed by atoms with Gasteiger partial charge < -0.3 is 0 Å². The quantitative estimate of drug-likeness (QED) is 0.785. The van der Waals surface area contributed by atoms with Crippen LogP contribution in [0.3, 0.4) is 0 Å². The van der Waals surface area contributed by atoms with Crippen LogP contribution in [0.15, 0.2) is 18.6 Å². The maximum atomic E-state index is 11.9. The number of aromatic nitrogens is 2. The van der Waals surface area contributed by atoms with Gasteiger partial charge in [-0.25, -0.2) is 14.0 Å². The molecule has 0 fully saturated rings. The lowest BCUT2D eigenvalue weighted by Gasteiger charge is -2.22. The second-order valence-corrected chi connectivity index (χ2v) is 6.40. The van der Waals surface area contributed by atoms with Gasteiger partial charge in [-0.3, -0.25) is 9.71 Å². The van der Waals surface area contributed by atoms with Crippen LogP contribution in [-0.2, 0) is 9.92 Å². The zero-order valence-corrected chi connectivity index (χ0v) is 9.26. The third-order valence-corrected chi connectivity index (χ3v) is 3.90. The highest BCUT2D eigenvalue weighted by Gasteiger charge is 2.25. The molecule has 0 saturated carbocycles. The summed E-state index contributed by atoms with van der Waals surface area (Å²) in [4.78, 5) is 7.72. The highest BCUT2D eigenvalue weighted by atomic mass is 32.2. The Balaban J connectivity index is 2.91. The molecule has 1 aromatic rings. The maximum Gasteiger partial charge on any atom is 0.156 e. The average molecular weight is 214 g/mol. The van der Waals surface area contributed by atoms with Crippen molar-refractivity contribution in [2.24, 2.45) is 0 Å². The van der Waals surface area contributed by atoms with Gasteiger partial charge in [0.05, 0.1) is 10.9 Å². The van der Waals surface area contributed by atoms with Crippen molar-refractivity contribution in [2.45, 2.75) is 25.5 Å². The molecule has 5 nitrogen and oxygen atoms in total. The lowest BCUT2D eigenvalue weighted by atomic mass is 10.3. The molecular formula is C8H14N4OS. The molecule has 1 heterocycles. The zero-order chi connectivity index (χ0) is 10.8. The van der Waals surface area contributed by atoms with E-state index in [1.807, 2.05) is 0 Å². The number of anilines is 1. The van der Waals surface area contributed by atoms with Crippen molar-refractivity contribution in [1.29, 1.82) is 4.78 Å². The first kappa shape index (κ1) is 10.9. The topological polar surface area (TPSA) is 78.7 Å². The normalized spacial score (nSPS) is 15.9. The molecule has 2 N–H and O–H groups in total. The fraction of sp³-hybridized carbons (Fsp3) is 0.500. The lowest BCUT2D eigenvalue weighted by molar-refractivity contribution is 0.642. The van der Waals surface area contributed by atoms with Crippen LogP contribution < -0.4 is 4.72 Å². The first-order chi connectivity index (χ1) is 6.33. The summed E-state index contributed by atoms with van der Waals surface area (Å²) in [5.74, 6) is 0.363. The third kappa shape index (κ3) is 2.41. The number of nitrogens with zero attached hydrogens (tertiary/aromatic N) is 2. The Morgan fingerprint density at radius 3 is 2.50 bits per heavy atom. The summed E-state index contributed by atoms with van der Waals surface area (Å²) in [6.45, 7) is 5.23. The molecule has 14 heavy (non-hydrogen) atoms. The van der Waals surface area contributed by atoms with Crippen LogP contribution in [0.2, 0.25) is 0 Å². The van der Waals surface area contributed by atoms with Gasteiger partial charge in [-0.2, -0.15) is 0 Å². The van der Waals surface area contributed by atoms with Crippen LogP contribution in [-0.4, -0.2) is 18.9 Å². The molecule has 0 radical (unpaired) electrons. The summed E-state index contributed by atoms with van der Waals surface area (Å²) in [5.41, 5.74) is 0. The maximum absolute atomic E-state index is 11.9. The van der Waals surface area contributed by atoms with E-state index in [0.717, 1.165) is 0 Å². The Morgan fingerprint density at radius 2 is 2.07 bits per heavy atom. The molecule has 0 aliphatic rings. The van der Waals surface area contributed by atoms with Crippen molar-refractivity contribution in [3.05, 3.63) is 18.6 Å².